The molecule has 204 valence electrons. The summed E-state index contributed by atoms with van der Waals surface area (Å²) >= 11 is 6.64. The second kappa shape index (κ2) is 10.9. The van der Waals surface area contributed by atoms with Gasteiger partial charge in [0.2, 0.25) is 0 Å². The summed E-state index contributed by atoms with van der Waals surface area (Å²) in [5, 5.41) is 15.1. The summed E-state index contributed by atoms with van der Waals surface area (Å²) in [4.78, 5) is 13.1. The van der Waals surface area contributed by atoms with E-state index in [0.717, 1.165) is 38.5 Å². The molecule has 10 heteroatoms. The third-order valence-electron chi connectivity index (χ3n) is 6.79. The highest BCUT2D eigenvalue weighted by Crippen LogP contribution is 2.36. The maximum Gasteiger partial charge on any atom is 0.146 e. The van der Waals surface area contributed by atoms with E-state index in [0.29, 0.717) is 34.6 Å². The molecule has 0 bridgehead atoms. The van der Waals surface area contributed by atoms with E-state index in [2.05, 4.69) is 30.6 Å². The fraction of sp³-hybridized carbons (Fsp3) is 0.0312. The number of hydrogen-bond acceptors (Lipinski definition) is 7. The van der Waals surface area contributed by atoms with Crippen LogP contribution in [-0.4, -0.2) is 29.9 Å². The zero-order valence-corrected chi connectivity index (χ0v) is 22.7. The monoisotopic (exact) mass is 573 g/mol. The molecule has 0 unspecified atom stereocenters. The standard InChI is InChI=1S/C32H21ClFN7O/c33-27-15-24(9-11-31(27)42-30-3-1-2-21-12-13-35-16-26(21)30)38-32-25-14-22(6-10-28(25)36-19-37-32)29-18-41(40-39-29)17-20-4-7-23(34)8-5-20/h1-16,18-19H,17H2,(H,36,37,38). The fourth-order valence-electron chi connectivity index (χ4n) is 4.69. The van der Waals surface area contributed by atoms with Crippen molar-refractivity contribution in [2.24, 2.45) is 0 Å². The number of benzene rings is 4. The van der Waals surface area contributed by atoms with E-state index >= 15 is 0 Å². The molecule has 3 heterocycles. The largest absolute Gasteiger partial charge is 0.455 e. The number of aromatic nitrogens is 6. The molecule has 4 aromatic carbocycles. The maximum absolute atomic E-state index is 13.2. The number of nitrogens with one attached hydrogen (secondary N) is 1. The Morgan fingerprint density at radius 2 is 1.79 bits per heavy atom. The highest BCUT2D eigenvalue weighted by molar-refractivity contribution is 6.32. The lowest BCUT2D eigenvalue weighted by Gasteiger charge is -2.13. The topological polar surface area (TPSA) is 90.6 Å². The molecule has 42 heavy (non-hydrogen) atoms. The molecule has 0 aliphatic heterocycles. The zero-order chi connectivity index (χ0) is 28.5. The van der Waals surface area contributed by atoms with E-state index in [9.17, 15) is 4.39 Å². The van der Waals surface area contributed by atoms with Crippen LogP contribution in [0.15, 0.2) is 110 Å². The number of rotatable bonds is 7. The minimum absolute atomic E-state index is 0.272. The summed E-state index contributed by atoms with van der Waals surface area (Å²) in [6.07, 6.45) is 6.89. The van der Waals surface area contributed by atoms with Gasteiger partial charge in [0.05, 0.1) is 23.3 Å². The van der Waals surface area contributed by atoms with E-state index in [1.54, 1.807) is 35.3 Å². The van der Waals surface area contributed by atoms with Crippen LogP contribution >= 0.6 is 11.6 Å². The molecular weight excluding hydrogens is 553 g/mol. The fourth-order valence-corrected chi connectivity index (χ4v) is 4.91. The van der Waals surface area contributed by atoms with Crippen LogP contribution in [-0.2, 0) is 6.54 Å². The van der Waals surface area contributed by atoms with Gasteiger partial charge in [-0.1, -0.05) is 47.1 Å². The Morgan fingerprint density at radius 1 is 0.881 bits per heavy atom. The normalized spacial score (nSPS) is 11.2. The Bertz CT molecular complexity index is 2060. The Hall–Kier alpha value is -5.41. The number of pyridine rings is 1. The van der Waals surface area contributed by atoms with Gasteiger partial charge < -0.3 is 10.1 Å². The van der Waals surface area contributed by atoms with Gasteiger partial charge in [-0.05, 0) is 65.5 Å². The predicted octanol–water partition coefficient (Wildman–Crippen LogP) is 7.81. The van der Waals surface area contributed by atoms with Crippen molar-refractivity contribution in [2.45, 2.75) is 6.54 Å². The van der Waals surface area contributed by atoms with Gasteiger partial charge in [0.25, 0.3) is 0 Å². The Kier molecular flexibility index (Phi) is 6.61. The first-order chi connectivity index (χ1) is 20.6. The number of hydrogen-bond donors (Lipinski definition) is 1. The first-order valence-corrected chi connectivity index (χ1v) is 13.4. The second-order valence-corrected chi connectivity index (χ2v) is 10.0. The molecule has 0 aliphatic carbocycles. The summed E-state index contributed by atoms with van der Waals surface area (Å²) in [5.41, 5.74) is 3.99. The highest BCUT2D eigenvalue weighted by Gasteiger charge is 2.12. The van der Waals surface area contributed by atoms with Gasteiger partial charge in [0, 0.05) is 34.4 Å². The van der Waals surface area contributed by atoms with Crippen LogP contribution < -0.4 is 10.1 Å². The molecule has 7 aromatic rings. The Labute approximate surface area is 244 Å². The van der Waals surface area contributed by atoms with Crippen molar-refractivity contribution in [3.8, 4) is 22.8 Å². The molecule has 3 aromatic heterocycles. The van der Waals surface area contributed by atoms with Crippen LogP contribution in [0.25, 0.3) is 32.9 Å². The number of ether oxygens (including phenoxy) is 1. The van der Waals surface area contributed by atoms with Crippen LogP contribution in [0.1, 0.15) is 5.56 Å². The average Bonchev–Trinajstić information content (AvgIpc) is 3.48. The molecule has 0 spiro atoms. The summed E-state index contributed by atoms with van der Waals surface area (Å²) in [6.45, 7) is 0.481. The van der Waals surface area contributed by atoms with Crippen molar-refractivity contribution in [1.29, 1.82) is 0 Å². The molecule has 7 rings (SSSR count). The number of nitrogens with zero attached hydrogens (tertiary/aromatic N) is 6. The van der Waals surface area contributed by atoms with Gasteiger partial charge in [-0.15, -0.1) is 5.10 Å². The molecule has 0 fully saturated rings. The predicted molar refractivity (Wildman–Crippen MR) is 161 cm³/mol. The highest BCUT2D eigenvalue weighted by atomic mass is 35.5. The van der Waals surface area contributed by atoms with Crippen LogP contribution in [0.3, 0.4) is 0 Å². The van der Waals surface area contributed by atoms with Gasteiger partial charge in [0.1, 0.15) is 35.2 Å². The van der Waals surface area contributed by atoms with Gasteiger partial charge in [-0.25, -0.2) is 19.0 Å². The minimum atomic E-state index is -0.272. The van der Waals surface area contributed by atoms with E-state index < -0.39 is 0 Å². The van der Waals surface area contributed by atoms with Gasteiger partial charge in [0.15, 0.2) is 0 Å². The zero-order valence-electron chi connectivity index (χ0n) is 21.9. The quantitative estimate of drug-likeness (QED) is 0.208. The maximum atomic E-state index is 13.2. The van der Waals surface area contributed by atoms with Crippen molar-refractivity contribution in [2.75, 3.05) is 5.32 Å². The van der Waals surface area contributed by atoms with Crippen LogP contribution in [0, 0.1) is 5.82 Å². The third-order valence-corrected chi connectivity index (χ3v) is 7.08. The van der Waals surface area contributed by atoms with Crippen molar-refractivity contribution < 1.29 is 9.13 Å². The molecular formula is C32H21ClFN7O. The molecule has 1 N–H and O–H groups in total. The average molecular weight is 574 g/mol. The van der Waals surface area contributed by atoms with E-state index in [1.165, 1.54) is 18.5 Å². The van der Waals surface area contributed by atoms with Crippen molar-refractivity contribution in [3.05, 3.63) is 126 Å². The third kappa shape index (κ3) is 5.21. The molecule has 0 atom stereocenters. The van der Waals surface area contributed by atoms with Gasteiger partial charge in [-0.3, -0.25) is 4.98 Å². The SMILES string of the molecule is Fc1ccc(Cn2cc(-c3ccc4ncnc(Nc5ccc(Oc6cccc7ccncc67)c(Cl)c5)c4c3)nn2)cc1. The first-order valence-electron chi connectivity index (χ1n) is 13.1. The second-order valence-electron chi connectivity index (χ2n) is 9.61. The summed E-state index contributed by atoms with van der Waals surface area (Å²) in [6, 6.07) is 25.4. The van der Waals surface area contributed by atoms with Gasteiger partial charge >= 0.3 is 0 Å². The molecule has 0 radical (unpaired) electrons. The molecule has 0 amide bonds. The summed E-state index contributed by atoms with van der Waals surface area (Å²) < 4.78 is 21.1. The number of fused-ring (bicyclic) bond motifs is 2. The molecule has 0 saturated heterocycles. The Morgan fingerprint density at radius 3 is 2.67 bits per heavy atom. The number of halogens is 2. The lowest BCUT2D eigenvalue weighted by Crippen LogP contribution is -2.00. The molecule has 0 aliphatic rings. The van der Waals surface area contributed by atoms with Gasteiger partial charge in [-0.2, -0.15) is 0 Å². The first kappa shape index (κ1) is 25.6. The van der Waals surface area contributed by atoms with Crippen molar-refractivity contribution >= 4 is 44.8 Å². The van der Waals surface area contributed by atoms with Crippen LogP contribution in [0.4, 0.5) is 15.9 Å². The van der Waals surface area contributed by atoms with Crippen LogP contribution in [0.2, 0.25) is 5.02 Å². The van der Waals surface area contributed by atoms with E-state index in [-0.39, 0.29) is 5.82 Å². The van der Waals surface area contributed by atoms with E-state index in [1.807, 2.05) is 60.8 Å². The minimum Gasteiger partial charge on any atom is -0.455 e. The van der Waals surface area contributed by atoms with E-state index in [4.69, 9.17) is 16.3 Å². The van der Waals surface area contributed by atoms with Crippen molar-refractivity contribution in [1.82, 2.24) is 29.9 Å². The molecule has 0 saturated carbocycles. The van der Waals surface area contributed by atoms with Crippen molar-refractivity contribution in [3.63, 3.8) is 0 Å². The number of anilines is 2. The smallest absolute Gasteiger partial charge is 0.146 e. The Balaban J connectivity index is 1.13. The summed E-state index contributed by atoms with van der Waals surface area (Å²) in [7, 11) is 0. The lowest BCUT2D eigenvalue weighted by atomic mass is 10.1. The lowest BCUT2D eigenvalue weighted by molar-refractivity contribution is 0.488. The molecule has 8 nitrogen and oxygen atoms in total. The van der Waals surface area contributed by atoms with Crippen LogP contribution in [0.5, 0.6) is 11.5 Å². The summed E-state index contributed by atoms with van der Waals surface area (Å²) in [5.74, 6) is 1.54.